The van der Waals surface area contributed by atoms with Crippen molar-refractivity contribution in [2.75, 3.05) is 0 Å². The van der Waals surface area contributed by atoms with Crippen molar-refractivity contribution < 1.29 is 58.7 Å². The van der Waals surface area contributed by atoms with Crippen molar-refractivity contribution in [2.45, 2.75) is 0 Å². The molecule has 0 aliphatic carbocycles. The molecule has 3 aromatic carbocycles. The van der Waals surface area contributed by atoms with E-state index in [0.29, 0.717) is 0 Å². The first kappa shape index (κ1) is 25.1. The van der Waals surface area contributed by atoms with Crippen LogP contribution in [0.1, 0.15) is 62.1 Å². The molecular weight excluding hydrogens is 480 g/mol. The zero-order chi connectivity index (χ0) is 26.6. The highest BCUT2D eigenvalue weighted by Gasteiger charge is 2.21. The lowest BCUT2D eigenvalue weighted by atomic mass is 10.1. The third kappa shape index (κ3) is 5.51. The summed E-state index contributed by atoms with van der Waals surface area (Å²) in [4.78, 5) is 69.9. The van der Waals surface area contributed by atoms with Gasteiger partial charge in [0, 0.05) is 0 Å². The van der Waals surface area contributed by atoms with Gasteiger partial charge in [0.2, 0.25) is 0 Å². The van der Waals surface area contributed by atoms with Crippen LogP contribution in [0.15, 0.2) is 60.7 Å². The van der Waals surface area contributed by atoms with Crippen LogP contribution in [0.5, 0.6) is 11.5 Å². The second-order valence-corrected chi connectivity index (χ2v) is 7.00. The Bertz CT molecular complexity index is 1330. The number of hydrogen-bond acceptors (Lipinski definition) is 8. The fourth-order valence-electron chi connectivity index (χ4n) is 3.01. The van der Waals surface area contributed by atoms with E-state index in [-0.39, 0.29) is 22.6 Å². The number of rotatable bonds is 8. The normalized spacial score (nSPS) is 10.2. The molecule has 0 heterocycles. The van der Waals surface area contributed by atoms with E-state index in [9.17, 15) is 39.0 Å². The van der Waals surface area contributed by atoms with Gasteiger partial charge in [-0.05, 0) is 54.6 Å². The average molecular weight is 494 g/mol. The number of carbonyl (C=O) groups is 6. The number of aromatic carboxylic acids is 4. The molecule has 12 nitrogen and oxygen atoms in total. The van der Waals surface area contributed by atoms with Crippen LogP contribution in [-0.4, -0.2) is 56.2 Å². The Morgan fingerprint density at radius 3 is 1.17 bits per heavy atom. The molecule has 182 valence electrons. The van der Waals surface area contributed by atoms with E-state index in [1.807, 2.05) is 0 Å². The monoisotopic (exact) mass is 494 g/mol. The molecule has 12 heteroatoms. The summed E-state index contributed by atoms with van der Waals surface area (Å²) in [5.74, 6) is -8.56. The highest BCUT2D eigenvalue weighted by Crippen LogP contribution is 2.22. The predicted molar refractivity (Wildman–Crippen MR) is 117 cm³/mol. The fraction of sp³-hybridized carbons (Fsp3) is 0. The molecule has 0 amide bonds. The van der Waals surface area contributed by atoms with Gasteiger partial charge in [0.05, 0.1) is 33.4 Å². The summed E-state index contributed by atoms with van der Waals surface area (Å²) >= 11 is 0. The smallest absolute Gasteiger partial charge is 0.343 e. The van der Waals surface area contributed by atoms with Crippen LogP contribution in [0, 0.1) is 0 Å². The van der Waals surface area contributed by atoms with Crippen LogP contribution >= 0.6 is 0 Å². The lowest BCUT2D eigenvalue weighted by Gasteiger charge is -2.09. The van der Waals surface area contributed by atoms with Gasteiger partial charge < -0.3 is 29.9 Å². The van der Waals surface area contributed by atoms with E-state index >= 15 is 0 Å². The summed E-state index contributed by atoms with van der Waals surface area (Å²) in [6.07, 6.45) is 0. The first-order chi connectivity index (χ1) is 17.0. The van der Waals surface area contributed by atoms with Crippen molar-refractivity contribution in [1.29, 1.82) is 0 Å². The minimum atomic E-state index is -1.54. The minimum absolute atomic E-state index is 0.143. The molecular formula is C24H14O12. The first-order valence-electron chi connectivity index (χ1n) is 9.73. The van der Waals surface area contributed by atoms with Crippen molar-refractivity contribution in [1.82, 2.24) is 0 Å². The lowest BCUT2D eigenvalue weighted by Crippen LogP contribution is -2.14. The summed E-state index contributed by atoms with van der Waals surface area (Å²) in [5, 5.41) is 36.5. The second-order valence-electron chi connectivity index (χ2n) is 7.00. The van der Waals surface area contributed by atoms with Gasteiger partial charge in [-0.3, -0.25) is 0 Å². The maximum Gasteiger partial charge on any atom is 0.343 e. The van der Waals surface area contributed by atoms with E-state index in [4.69, 9.17) is 19.7 Å². The third-order valence-electron chi connectivity index (χ3n) is 4.66. The third-order valence-corrected chi connectivity index (χ3v) is 4.66. The maximum absolute atomic E-state index is 12.5. The molecule has 0 aliphatic heterocycles. The Hall–Kier alpha value is -5.52. The van der Waals surface area contributed by atoms with E-state index in [2.05, 4.69) is 0 Å². The molecule has 0 radical (unpaired) electrons. The number of hydrogen-bond donors (Lipinski definition) is 4. The second kappa shape index (κ2) is 10.2. The van der Waals surface area contributed by atoms with Crippen molar-refractivity contribution in [3.63, 3.8) is 0 Å². The summed E-state index contributed by atoms with van der Waals surface area (Å²) in [6, 6.07) is 10.8. The highest BCUT2D eigenvalue weighted by molar-refractivity contribution is 6.03. The molecule has 3 aromatic rings. The number of carbonyl (C=O) groups excluding carboxylic acids is 2. The zero-order valence-corrected chi connectivity index (χ0v) is 17.8. The topological polar surface area (TPSA) is 202 Å². The van der Waals surface area contributed by atoms with Gasteiger partial charge in [-0.25, -0.2) is 28.8 Å². The lowest BCUT2D eigenvalue weighted by molar-refractivity contribution is 0.0649. The Morgan fingerprint density at radius 2 is 0.833 bits per heavy atom. The van der Waals surface area contributed by atoms with Gasteiger partial charge in [0.25, 0.3) is 0 Å². The Balaban J connectivity index is 1.81. The van der Waals surface area contributed by atoms with Gasteiger partial charge in [-0.1, -0.05) is 6.07 Å². The molecule has 0 saturated heterocycles. The van der Waals surface area contributed by atoms with Crippen molar-refractivity contribution in [3.05, 3.63) is 94.0 Å². The van der Waals surface area contributed by atoms with Gasteiger partial charge in [-0.15, -0.1) is 0 Å². The summed E-state index contributed by atoms with van der Waals surface area (Å²) in [5.41, 5.74) is -2.49. The highest BCUT2D eigenvalue weighted by atomic mass is 16.5. The van der Waals surface area contributed by atoms with Crippen molar-refractivity contribution in [3.8, 4) is 11.5 Å². The Morgan fingerprint density at radius 1 is 0.472 bits per heavy atom. The van der Waals surface area contributed by atoms with Crippen LogP contribution in [0.25, 0.3) is 0 Å². The molecule has 4 N–H and O–H groups in total. The van der Waals surface area contributed by atoms with Crippen LogP contribution in [0.2, 0.25) is 0 Å². The largest absolute Gasteiger partial charge is 0.478 e. The first-order valence-corrected chi connectivity index (χ1v) is 9.73. The number of carboxylic acids is 4. The molecule has 0 spiro atoms. The molecule has 0 fully saturated rings. The number of carboxylic acid groups (broad SMARTS) is 4. The number of esters is 2. The van der Waals surface area contributed by atoms with Crippen LogP contribution in [-0.2, 0) is 0 Å². The molecule has 36 heavy (non-hydrogen) atoms. The van der Waals surface area contributed by atoms with Crippen LogP contribution in [0.4, 0.5) is 0 Å². The van der Waals surface area contributed by atoms with Gasteiger partial charge >= 0.3 is 35.8 Å². The SMILES string of the molecule is O=C(Oc1ccc(C(=O)O)c(C(=O)O)c1)c1cccc(C(=O)Oc2ccc(C(=O)O)c(C(=O)O)c2)c1. The van der Waals surface area contributed by atoms with Crippen molar-refractivity contribution >= 4 is 35.8 Å². The van der Waals surface area contributed by atoms with Crippen LogP contribution < -0.4 is 9.47 Å². The number of ether oxygens (including phenoxy) is 2. The van der Waals surface area contributed by atoms with E-state index in [1.54, 1.807) is 0 Å². The molecule has 0 saturated carbocycles. The summed E-state index contributed by atoms with van der Waals surface area (Å²) in [7, 11) is 0. The molecule has 0 unspecified atom stereocenters. The molecule has 3 rings (SSSR count). The zero-order valence-electron chi connectivity index (χ0n) is 17.8. The van der Waals surface area contributed by atoms with E-state index < -0.39 is 58.1 Å². The summed E-state index contributed by atoms with van der Waals surface area (Å²) < 4.78 is 10.2. The van der Waals surface area contributed by atoms with Crippen LogP contribution in [0.3, 0.4) is 0 Å². The minimum Gasteiger partial charge on any atom is -0.478 e. The van der Waals surface area contributed by atoms with Crippen molar-refractivity contribution in [2.24, 2.45) is 0 Å². The predicted octanol–water partition coefficient (Wildman–Crippen LogP) is 2.92. The fourth-order valence-corrected chi connectivity index (χ4v) is 3.01. The quantitative estimate of drug-likeness (QED) is 0.264. The van der Waals surface area contributed by atoms with Gasteiger partial charge in [-0.2, -0.15) is 0 Å². The summed E-state index contributed by atoms with van der Waals surface area (Å²) in [6.45, 7) is 0. The molecule has 0 bridgehead atoms. The van der Waals surface area contributed by atoms with E-state index in [1.165, 1.54) is 18.2 Å². The Kier molecular flexibility index (Phi) is 7.10. The van der Waals surface area contributed by atoms with Gasteiger partial charge in [0.15, 0.2) is 0 Å². The molecule has 0 aromatic heterocycles. The Labute approximate surface area is 200 Å². The molecule has 0 atom stereocenters. The number of benzene rings is 3. The average Bonchev–Trinajstić information content (AvgIpc) is 2.83. The maximum atomic E-state index is 12.5. The molecule has 0 aliphatic rings. The van der Waals surface area contributed by atoms with E-state index in [0.717, 1.165) is 42.5 Å². The standard InChI is InChI=1S/C24H14O12/c25-19(26)15-6-4-13(9-17(15)21(29)30)35-23(33)11-2-1-3-12(8-11)24(34)36-14-5-7-16(20(27)28)18(10-14)22(31)32/h1-10H,(H,25,26)(H,27,28)(H,29,30)(H,31,32). The van der Waals surface area contributed by atoms with Gasteiger partial charge in [0.1, 0.15) is 11.5 Å².